The number of ether oxygens (including phenoxy) is 2. The number of nitrogens with one attached hydrogen (secondary N) is 2. The molecule has 1 saturated carbocycles. The minimum Gasteiger partial charge on any atom is -0.490 e. The van der Waals surface area contributed by atoms with Crippen LogP contribution in [0.1, 0.15) is 52.1 Å². The number of anilines is 1. The molecule has 3 N–H and O–H groups in total. The number of nitrogens with zero attached hydrogens (tertiary/aromatic N) is 1. The fraction of sp³-hybridized carbons (Fsp3) is 0.216. The predicted octanol–water partition coefficient (Wildman–Crippen LogP) is 6.97. The summed E-state index contributed by atoms with van der Waals surface area (Å²) in [5, 5.41) is 16.2. The van der Waals surface area contributed by atoms with Crippen LogP contribution in [0.5, 0.6) is 17.2 Å². The quantitative estimate of drug-likeness (QED) is 0.156. The number of aromatic carboxylic acids is 1. The summed E-state index contributed by atoms with van der Waals surface area (Å²) in [7, 11) is 1.92. The lowest BCUT2D eigenvalue weighted by Gasteiger charge is -2.29. The summed E-state index contributed by atoms with van der Waals surface area (Å²) in [6.07, 6.45) is 3.60. The first-order valence-corrected chi connectivity index (χ1v) is 15.3. The Morgan fingerprint density at radius 2 is 1.43 bits per heavy atom. The highest BCUT2D eigenvalue weighted by Crippen LogP contribution is 2.28. The van der Waals surface area contributed by atoms with Gasteiger partial charge in [-0.1, -0.05) is 42.5 Å². The zero-order valence-corrected chi connectivity index (χ0v) is 25.4. The van der Waals surface area contributed by atoms with E-state index >= 15 is 0 Å². The molecule has 234 valence electrons. The summed E-state index contributed by atoms with van der Waals surface area (Å²) < 4.78 is 14.1. The maximum absolute atomic E-state index is 13.0. The zero-order valence-electron chi connectivity index (χ0n) is 25.4. The van der Waals surface area contributed by atoms with Crippen LogP contribution in [-0.2, 0) is 18.3 Å². The number of benzene rings is 4. The van der Waals surface area contributed by atoms with Crippen molar-refractivity contribution in [2.24, 2.45) is 7.05 Å². The van der Waals surface area contributed by atoms with Crippen molar-refractivity contribution in [1.29, 1.82) is 0 Å². The molecule has 1 fully saturated rings. The van der Waals surface area contributed by atoms with E-state index in [1.807, 2.05) is 66.2 Å². The number of hydrogen-bond donors (Lipinski definition) is 3. The number of carboxylic acid groups (broad SMARTS) is 1. The molecule has 0 saturated heterocycles. The Bertz CT molecular complexity index is 1850. The molecule has 1 heterocycles. The normalized spacial score (nSPS) is 16.0. The standard InChI is InChI=1S/C37H35N3O6/c1-40-33-9-5-2-6-25(33)23-34(40)36(42)38-26-12-16-28(17-13-26)46-30-20-18-29(19-21-30)45-27-14-10-24(11-15-27)22-35(41)39-32-8-4-3-7-31(32)37(43)44/h2-11,14-15,18-21,23,26,28H,12-13,16-17,22H2,1H3,(H,38,42)(H,39,41)(H,43,44). The van der Waals surface area contributed by atoms with E-state index in [4.69, 9.17) is 9.47 Å². The topological polar surface area (TPSA) is 119 Å². The lowest BCUT2D eigenvalue weighted by atomic mass is 9.93. The van der Waals surface area contributed by atoms with E-state index in [0.29, 0.717) is 17.2 Å². The molecule has 1 aliphatic rings. The third-order valence-electron chi connectivity index (χ3n) is 8.28. The molecule has 4 aromatic carbocycles. The Kier molecular flexibility index (Phi) is 9.01. The zero-order chi connectivity index (χ0) is 32.0. The van der Waals surface area contributed by atoms with Gasteiger partial charge in [-0.25, -0.2) is 4.79 Å². The molecule has 0 atom stereocenters. The smallest absolute Gasteiger partial charge is 0.337 e. The maximum Gasteiger partial charge on any atom is 0.337 e. The fourth-order valence-corrected chi connectivity index (χ4v) is 5.84. The third-order valence-corrected chi connectivity index (χ3v) is 8.28. The largest absolute Gasteiger partial charge is 0.490 e. The molecule has 1 aromatic heterocycles. The van der Waals surface area contributed by atoms with Crippen LogP contribution < -0.4 is 20.1 Å². The number of fused-ring (bicyclic) bond motifs is 1. The van der Waals surface area contributed by atoms with Gasteiger partial charge in [-0.15, -0.1) is 0 Å². The van der Waals surface area contributed by atoms with E-state index in [1.165, 1.54) is 6.07 Å². The monoisotopic (exact) mass is 617 g/mol. The van der Waals surface area contributed by atoms with Gasteiger partial charge in [0.2, 0.25) is 5.91 Å². The van der Waals surface area contributed by atoms with E-state index in [2.05, 4.69) is 10.6 Å². The predicted molar refractivity (Wildman–Crippen MR) is 176 cm³/mol. The molecule has 0 radical (unpaired) electrons. The average molecular weight is 618 g/mol. The molecule has 1 aliphatic carbocycles. The van der Waals surface area contributed by atoms with Crippen molar-refractivity contribution in [3.05, 3.63) is 120 Å². The number of carbonyl (C=O) groups is 3. The number of carboxylic acids is 1. The van der Waals surface area contributed by atoms with Crippen molar-refractivity contribution < 1.29 is 29.0 Å². The number of aromatic nitrogens is 1. The molecule has 2 amide bonds. The van der Waals surface area contributed by atoms with Gasteiger partial charge in [0.15, 0.2) is 0 Å². The van der Waals surface area contributed by atoms with Crippen LogP contribution in [-0.4, -0.2) is 39.6 Å². The maximum atomic E-state index is 13.0. The summed E-state index contributed by atoms with van der Waals surface area (Å²) in [5.41, 5.74) is 2.79. The summed E-state index contributed by atoms with van der Waals surface area (Å²) in [4.78, 5) is 36.9. The second-order valence-corrected chi connectivity index (χ2v) is 11.5. The Labute approximate surface area is 266 Å². The van der Waals surface area contributed by atoms with Gasteiger partial charge in [0.25, 0.3) is 5.91 Å². The summed E-state index contributed by atoms with van der Waals surface area (Å²) in [6.45, 7) is 0. The fourth-order valence-electron chi connectivity index (χ4n) is 5.84. The first-order chi connectivity index (χ1) is 22.3. The van der Waals surface area contributed by atoms with E-state index in [0.717, 1.165) is 47.9 Å². The van der Waals surface area contributed by atoms with Crippen molar-refractivity contribution in [2.75, 3.05) is 5.32 Å². The lowest BCUT2D eigenvalue weighted by molar-refractivity contribution is -0.115. The van der Waals surface area contributed by atoms with Gasteiger partial charge in [0.05, 0.1) is 23.8 Å². The van der Waals surface area contributed by atoms with Gasteiger partial charge in [-0.05, 0) is 91.9 Å². The van der Waals surface area contributed by atoms with E-state index in [-0.39, 0.29) is 41.6 Å². The SMILES string of the molecule is Cn1c(C(=O)NC2CCC(Oc3ccc(Oc4ccc(CC(=O)Nc5ccccc5C(=O)O)cc4)cc3)CC2)cc2ccccc21. The van der Waals surface area contributed by atoms with Crippen LogP contribution in [0.3, 0.4) is 0 Å². The van der Waals surface area contributed by atoms with E-state index in [9.17, 15) is 19.5 Å². The van der Waals surface area contributed by atoms with Crippen LogP contribution in [0.4, 0.5) is 5.69 Å². The number of hydrogen-bond acceptors (Lipinski definition) is 5. The Morgan fingerprint density at radius 1 is 0.804 bits per heavy atom. The van der Waals surface area contributed by atoms with Gasteiger partial charge < -0.3 is 29.8 Å². The van der Waals surface area contributed by atoms with Gasteiger partial charge in [-0.3, -0.25) is 9.59 Å². The highest BCUT2D eigenvalue weighted by molar-refractivity contribution is 6.01. The lowest BCUT2D eigenvalue weighted by Crippen LogP contribution is -2.40. The number of rotatable bonds is 10. The Morgan fingerprint density at radius 3 is 2.13 bits per heavy atom. The molecule has 6 rings (SSSR count). The summed E-state index contributed by atoms with van der Waals surface area (Å²) in [6, 6.07) is 31.0. The minimum absolute atomic E-state index is 0.0434. The van der Waals surface area contributed by atoms with Gasteiger partial charge in [0.1, 0.15) is 22.9 Å². The van der Waals surface area contributed by atoms with Crippen molar-refractivity contribution >= 4 is 34.4 Å². The first kappa shape index (κ1) is 30.5. The van der Waals surface area contributed by atoms with Crippen LogP contribution in [0.2, 0.25) is 0 Å². The number of aryl methyl sites for hydroxylation is 1. The molecule has 46 heavy (non-hydrogen) atoms. The molecule has 9 nitrogen and oxygen atoms in total. The number of para-hydroxylation sites is 2. The highest BCUT2D eigenvalue weighted by Gasteiger charge is 2.25. The van der Waals surface area contributed by atoms with Crippen LogP contribution in [0.15, 0.2) is 103 Å². The number of amides is 2. The van der Waals surface area contributed by atoms with Crippen LogP contribution in [0, 0.1) is 0 Å². The molecule has 0 aliphatic heterocycles. The molecular formula is C37H35N3O6. The molecule has 9 heteroatoms. The molecule has 5 aromatic rings. The van der Waals surface area contributed by atoms with E-state index < -0.39 is 5.97 Å². The first-order valence-electron chi connectivity index (χ1n) is 15.3. The van der Waals surface area contributed by atoms with Crippen LogP contribution >= 0.6 is 0 Å². The van der Waals surface area contributed by atoms with E-state index in [1.54, 1.807) is 42.5 Å². The minimum atomic E-state index is -1.10. The van der Waals surface area contributed by atoms with Crippen molar-refractivity contribution in [2.45, 2.75) is 44.2 Å². The number of carbonyl (C=O) groups excluding carboxylic acids is 2. The molecule has 0 bridgehead atoms. The average Bonchev–Trinajstić information content (AvgIpc) is 3.40. The molecule has 0 unspecified atom stereocenters. The molecule has 0 spiro atoms. The van der Waals surface area contributed by atoms with Crippen molar-refractivity contribution in [3.8, 4) is 17.2 Å². The van der Waals surface area contributed by atoms with Crippen molar-refractivity contribution in [1.82, 2.24) is 9.88 Å². The molecular weight excluding hydrogens is 582 g/mol. The second-order valence-electron chi connectivity index (χ2n) is 11.5. The Balaban J connectivity index is 0.948. The second kappa shape index (κ2) is 13.6. The van der Waals surface area contributed by atoms with Crippen molar-refractivity contribution in [3.63, 3.8) is 0 Å². The van der Waals surface area contributed by atoms with Gasteiger partial charge >= 0.3 is 5.97 Å². The van der Waals surface area contributed by atoms with Gasteiger partial charge in [-0.2, -0.15) is 0 Å². The summed E-state index contributed by atoms with van der Waals surface area (Å²) >= 11 is 0. The summed E-state index contributed by atoms with van der Waals surface area (Å²) in [5.74, 6) is 0.594. The highest BCUT2D eigenvalue weighted by atomic mass is 16.5. The van der Waals surface area contributed by atoms with Crippen LogP contribution in [0.25, 0.3) is 10.9 Å². The Hall–Kier alpha value is -5.57. The third kappa shape index (κ3) is 7.21. The van der Waals surface area contributed by atoms with Gasteiger partial charge in [0, 0.05) is 24.0 Å².